The van der Waals surface area contributed by atoms with E-state index in [4.69, 9.17) is 10.5 Å². The van der Waals surface area contributed by atoms with Crippen LogP contribution in [0.3, 0.4) is 0 Å². The van der Waals surface area contributed by atoms with Crippen LogP contribution in [0.25, 0.3) is 15.9 Å². The molecule has 0 radical (unpaired) electrons. The van der Waals surface area contributed by atoms with Crippen LogP contribution < -0.4 is 11.1 Å². The molecule has 0 saturated carbocycles. The molecule has 0 unspecified atom stereocenters. The lowest BCUT2D eigenvalue weighted by Crippen LogP contribution is -2.42. The Kier molecular flexibility index (Phi) is 4.91. The third kappa shape index (κ3) is 3.80. The minimum Gasteiger partial charge on any atom is -0.448 e. The number of nitrogens with zero attached hydrogens (tertiary/aromatic N) is 2. The van der Waals surface area contributed by atoms with E-state index in [0.717, 1.165) is 16.7 Å². The van der Waals surface area contributed by atoms with Crippen LogP contribution in [-0.2, 0) is 9.53 Å². The molecule has 0 saturated heterocycles. The first kappa shape index (κ1) is 18.5. The number of carbonyl (C=O) groups is 3. The maximum absolute atomic E-state index is 13.1. The summed E-state index contributed by atoms with van der Waals surface area (Å²) in [6.07, 6.45) is -1.19. The van der Waals surface area contributed by atoms with Gasteiger partial charge in [0.15, 0.2) is 6.10 Å². The standard InChI is InChI=1S/C17H15FN4O4S/c1-8-12-7-13(16(24)26-9(2)14(23)20-17(19)25)27-15(12)22(21-8)11-5-3-10(18)4-6-11/h3-7,9H,1-2H3,(H3,19,20,23,25)/t9-/m0/s1. The summed E-state index contributed by atoms with van der Waals surface area (Å²) in [6.45, 7) is 3.11. The van der Waals surface area contributed by atoms with Crippen LogP contribution in [0.15, 0.2) is 30.3 Å². The summed E-state index contributed by atoms with van der Waals surface area (Å²) in [5, 5.41) is 7.00. The summed E-state index contributed by atoms with van der Waals surface area (Å²) in [5.74, 6) is -1.89. The second-order valence-electron chi connectivity index (χ2n) is 5.70. The van der Waals surface area contributed by atoms with Crippen LogP contribution in [0.2, 0.25) is 0 Å². The number of benzene rings is 1. The van der Waals surface area contributed by atoms with Crippen LogP contribution in [0, 0.1) is 12.7 Å². The predicted octanol–water partition coefficient (Wildman–Crippen LogP) is 2.27. The van der Waals surface area contributed by atoms with Gasteiger partial charge in [0.1, 0.15) is 15.5 Å². The van der Waals surface area contributed by atoms with Crippen molar-refractivity contribution in [1.82, 2.24) is 15.1 Å². The van der Waals surface area contributed by atoms with E-state index < -0.39 is 24.0 Å². The van der Waals surface area contributed by atoms with Gasteiger partial charge in [0, 0.05) is 5.39 Å². The highest BCUT2D eigenvalue weighted by atomic mass is 32.1. The van der Waals surface area contributed by atoms with Crippen molar-refractivity contribution in [2.45, 2.75) is 20.0 Å². The summed E-state index contributed by atoms with van der Waals surface area (Å²) < 4.78 is 19.8. The molecule has 3 rings (SSSR count). The maximum Gasteiger partial charge on any atom is 0.349 e. The number of hydrogen-bond donors (Lipinski definition) is 2. The molecular formula is C17H15FN4O4S. The molecule has 0 fully saturated rings. The summed E-state index contributed by atoms with van der Waals surface area (Å²) in [7, 11) is 0. The van der Waals surface area contributed by atoms with Crippen molar-refractivity contribution in [3.63, 3.8) is 0 Å². The number of hydrogen-bond acceptors (Lipinski definition) is 6. The fraction of sp³-hybridized carbons (Fsp3) is 0.176. The fourth-order valence-electron chi connectivity index (χ4n) is 2.40. The van der Waals surface area contributed by atoms with Crippen molar-refractivity contribution in [3.8, 4) is 5.69 Å². The number of halogens is 1. The summed E-state index contributed by atoms with van der Waals surface area (Å²) in [6, 6.07) is 6.38. The van der Waals surface area contributed by atoms with Gasteiger partial charge in [-0.25, -0.2) is 18.7 Å². The second kappa shape index (κ2) is 7.16. The first-order valence-electron chi connectivity index (χ1n) is 7.82. The summed E-state index contributed by atoms with van der Waals surface area (Å²) >= 11 is 1.13. The molecule has 0 spiro atoms. The van der Waals surface area contributed by atoms with E-state index in [1.54, 1.807) is 29.8 Å². The molecule has 3 N–H and O–H groups in total. The molecule has 0 aliphatic heterocycles. The number of nitrogens with two attached hydrogens (primary N) is 1. The molecule has 1 atom stereocenters. The molecule has 0 aliphatic rings. The molecule has 2 heterocycles. The Labute approximate surface area is 156 Å². The van der Waals surface area contributed by atoms with E-state index in [1.165, 1.54) is 19.1 Å². The Morgan fingerprint density at radius 2 is 1.96 bits per heavy atom. The molecule has 8 nitrogen and oxygen atoms in total. The smallest absolute Gasteiger partial charge is 0.349 e. The molecule has 3 aromatic rings. The van der Waals surface area contributed by atoms with Crippen molar-refractivity contribution >= 4 is 39.5 Å². The third-order valence-electron chi connectivity index (χ3n) is 3.72. The lowest BCUT2D eigenvalue weighted by Gasteiger charge is -2.10. The highest BCUT2D eigenvalue weighted by Crippen LogP contribution is 2.31. The number of imide groups is 1. The number of aromatic nitrogens is 2. The Bertz CT molecular complexity index is 1040. The van der Waals surface area contributed by atoms with E-state index in [9.17, 15) is 18.8 Å². The third-order valence-corrected chi connectivity index (χ3v) is 4.81. The number of esters is 1. The van der Waals surface area contributed by atoms with Gasteiger partial charge in [0.2, 0.25) is 0 Å². The van der Waals surface area contributed by atoms with Gasteiger partial charge in [-0.15, -0.1) is 11.3 Å². The number of primary amides is 1. The van der Waals surface area contributed by atoms with E-state index in [0.29, 0.717) is 16.2 Å². The van der Waals surface area contributed by atoms with Gasteiger partial charge in [0.25, 0.3) is 5.91 Å². The number of carbonyl (C=O) groups excluding carboxylic acids is 3. The van der Waals surface area contributed by atoms with Gasteiger partial charge in [-0.3, -0.25) is 10.1 Å². The zero-order valence-corrected chi connectivity index (χ0v) is 15.2. The van der Waals surface area contributed by atoms with Crippen molar-refractivity contribution in [2.24, 2.45) is 5.73 Å². The minimum absolute atomic E-state index is 0.264. The largest absolute Gasteiger partial charge is 0.448 e. The van der Waals surface area contributed by atoms with Crippen molar-refractivity contribution < 1.29 is 23.5 Å². The SMILES string of the molecule is Cc1nn(-c2ccc(F)cc2)c2sc(C(=O)O[C@@H](C)C(=O)NC(N)=O)cc12. The first-order chi connectivity index (χ1) is 12.8. The number of rotatable bonds is 4. The molecule has 27 heavy (non-hydrogen) atoms. The number of urea groups is 1. The Morgan fingerprint density at radius 1 is 1.30 bits per heavy atom. The number of amides is 3. The molecule has 3 amide bonds. The molecule has 2 aromatic heterocycles. The number of ether oxygens (including phenoxy) is 1. The van der Waals surface area contributed by atoms with Gasteiger partial charge in [-0.2, -0.15) is 5.10 Å². The van der Waals surface area contributed by atoms with Crippen LogP contribution >= 0.6 is 11.3 Å². The molecule has 140 valence electrons. The number of thiophene rings is 1. The second-order valence-corrected chi connectivity index (χ2v) is 6.73. The van der Waals surface area contributed by atoms with Crippen LogP contribution in [0.5, 0.6) is 0 Å². The topological polar surface area (TPSA) is 116 Å². The quantitative estimate of drug-likeness (QED) is 0.663. The van der Waals surface area contributed by atoms with Crippen molar-refractivity contribution in [3.05, 3.63) is 46.7 Å². The predicted molar refractivity (Wildman–Crippen MR) is 96.2 cm³/mol. The van der Waals surface area contributed by atoms with Gasteiger partial charge in [0.05, 0.1) is 11.4 Å². The molecule has 0 bridgehead atoms. The monoisotopic (exact) mass is 390 g/mol. The molecule has 0 aliphatic carbocycles. The normalized spacial score (nSPS) is 12.0. The molecule has 10 heteroatoms. The van der Waals surface area contributed by atoms with Crippen molar-refractivity contribution in [1.29, 1.82) is 0 Å². The van der Waals surface area contributed by atoms with Crippen LogP contribution in [0.1, 0.15) is 22.3 Å². The van der Waals surface area contributed by atoms with Gasteiger partial charge in [-0.05, 0) is 44.2 Å². The van der Waals surface area contributed by atoms with E-state index in [2.05, 4.69) is 5.10 Å². The Balaban J connectivity index is 1.87. The van der Waals surface area contributed by atoms with Crippen LogP contribution in [0.4, 0.5) is 9.18 Å². The first-order valence-corrected chi connectivity index (χ1v) is 8.64. The van der Waals surface area contributed by atoms with E-state index in [-0.39, 0.29) is 10.7 Å². The van der Waals surface area contributed by atoms with Gasteiger partial charge >= 0.3 is 12.0 Å². The maximum atomic E-state index is 13.1. The Morgan fingerprint density at radius 3 is 2.59 bits per heavy atom. The van der Waals surface area contributed by atoms with E-state index >= 15 is 0 Å². The highest BCUT2D eigenvalue weighted by molar-refractivity contribution is 7.20. The average Bonchev–Trinajstić information content (AvgIpc) is 3.16. The summed E-state index contributed by atoms with van der Waals surface area (Å²) in [4.78, 5) is 35.6. The fourth-order valence-corrected chi connectivity index (χ4v) is 3.47. The zero-order valence-electron chi connectivity index (χ0n) is 14.4. The number of nitrogens with one attached hydrogen (secondary N) is 1. The molecule has 1 aromatic carbocycles. The van der Waals surface area contributed by atoms with E-state index in [1.807, 2.05) is 5.32 Å². The molecular weight excluding hydrogens is 375 g/mol. The Hall–Kier alpha value is -3.27. The summed E-state index contributed by atoms with van der Waals surface area (Å²) in [5.41, 5.74) is 6.19. The number of fused-ring (bicyclic) bond motifs is 1. The lowest BCUT2D eigenvalue weighted by molar-refractivity contribution is -0.127. The van der Waals surface area contributed by atoms with Crippen molar-refractivity contribution in [2.75, 3.05) is 0 Å². The minimum atomic E-state index is -1.19. The average molecular weight is 390 g/mol. The van der Waals surface area contributed by atoms with Crippen LogP contribution in [-0.4, -0.2) is 33.8 Å². The lowest BCUT2D eigenvalue weighted by atomic mass is 10.3. The highest BCUT2D eigenvalue weighted by Gasteiger charge is 2.23. The van der Waals surface area contributed by atoms with Gasteiger partial charge in [-0.1, -0.05) is 0 Å². The zero-order chi connectivity index (χ0) is 19.7. The van der Waals surface area contributed by atoms with Gasteiger partial charge < -0.3 is 10.5 Å². The number of aryl methyl sites for hydroxylation is 1.